The number of oxazole rings is 1. The van der Waals surface area contributed by atoms with Crippen LogP contribution in [0.3, 0.4) is 0 Å². The van der Waals surface area contributed by atoms with Crippen LogP contribution in [0, 0.1) is 13.8 Å². The van der Waals surface area contributed by atoms with E-state index in [1.165, 1.54) is 33.9 Å². The lowest BCUT2D eigenvalue weighted by atomic mass is 9.89. The molecule has 0 aliphatic carbocycles. The Bertz CT molecular complexity index is 1910. The number of nitrogens with zero attached hydrogens (tertiary/aromatic N) is 1. The Labute approximate surface area is 259 Å². The van der Waals surface area contributed by atoms with Gasteiger partial charge in [0.05, 0.1) is 0 Å². The van der Waals surface area contributed by atoms with Crippen molar-refractivity contribution in [2.24, 2.45) is 0 Å². The molecule has 230 valence electrons. The summed E-state index contributed by atoms with van der Waals surface area (Å²) in [6.07, 6.45) is 1.56. The predicted molar refractivity (Wildman–Crippen MR) is 168 cm³/mol. The molecule has 0 amide bonds. The Hall–Kier alpha value is -4.60. The maximum Gasteiger partial charge on any atom is 0.387 e. The molecule has 1 fully saturated rings. The lowest BCUT2D eigenvalue weighted by molar-refractivity contribution is -0.147. The highest BCUT2D eigenvalue weighted by molar-refractivity contribution is 5.85. The maximum atomic E-state index is 13.3. The molecule has 2 aliphatic rings. The van der Waals surface area contributed by atoms with E-state index in [0.29, 0.717) is 23.4 Å². The molecule has 4 aromatic carbocycles. The number of rotatable bonds is 8. The summed E-state index contributed by atoms with van der Waals surface area (Å²) >= 11 is 0. The van der Waals surface area contributed by atoms with Crippen LogP contribution in [0.2, 0.25) is 0 Å². The molecule has 1 aromatic heterocycles. The third-order valence-corrected chi connectivity index (χ3v) is 8.84. The molecule has 5 aromatic rings. The molecule has 1 saturated heterocycles. The van der Waals surface area contributed by atoms with E-state index in [4.69, 9.17) is 18.9 Å². The number of esters is 1. The summed E-state index contributed by atoms with van der Waals surface area (Å²) in [5, 5.41) is 6.50. The van der Waals surface area contributed by atoms with Crippen LogP contribution in [0.15, 0.2) is 71.1 Å². The van der Waals surface area contributed by atoms with Crippen molar-refractivity contribution < 1.29 is 27.5 Å². The molecule has 0 spiro atoms. The molecule has 45 heavy (non-hydrogen) atoms. The van der Waals surface area contributed by atoms with Crippen LogP contribution >= 0.6 is 0 Å². The van der Waals surface area contributed by atoms with Crippen molar-refractivity contribution in [3.63, 3.8) is 0 Å². The first-order valence-corrected chi connectivity index (χ1v) is 15.2. The number of hydrogen-bond acceptors (Lipinski definition) is 7. The number of carbonyl (C=O) groups is 1. The third kappa shape index (κ3) is 5.69. The molecule has 2 aliphatic heterocycles. The maximum absolute atomic E-state index is 13.3. The summed E-state index contributed by atoms with van der Waals surface area (Å²) < 4.78 is 43.0. The summed E-state index contributed by atoms with van der Waals surface area (Å²) in [5.41, 5.74) is 11.2. The largest absolute Gasteiger partial charge is 0.460 e. The highest BCUT2D eigenvalue weighted by atomic mass is 19.3. The summed E-state index contributed by atoms with van der Waals surface area (Å²) in [4.78, 5) is 17.2. The second-order valence-electron chi connectivity index (χ2n) is 11.6. The van der Waals surface area contributed by atoms with Gasteiger partial charge in [-0.3, -0.25) is 4.79 Å². The van der Waals surface area contributed by atoms with Gasteiger partial charge in [0.25, 0.3) is 0 Å². The van der Waals surface area contributed by atoms with E-state index in [9.17, 15) is 13.6 Å². The fourth-order valence-electron chi connectivity index (χ4n) is 6.43. The van der Waals surface area contributed by atoms with Crippen molar-refractivity contribution >= 4 is 17.1 Å². The smallest absolute Gasteiger partial charge is 0.387 e. The summed E-state index contributed by atoms with van der Waals surface area (Å²) in [7, 11) is 0. The molecular formula is C36H33F2N3O4. The zero-order valence-electron chi connectivity index (χ0n) is 25.1. The highest BCUT2D eigenvalue weighted by Crippen LogP contribution is 2.39. The standard InChI is InChI=1S/C36H33F2N3O4/c1-20-26(22-11-12-23-17-39-18-24(23)14-22)6-3-7-27(20)28-8-4-9-29(21(28)2)34-41-31-15-25(19-43-35(42)30-10-5-13-40-30)32(45-36(37)38)16-33(31)44-34/h3-4,6-9,11-12,14-16,30,36,39-40H,5,10,13,17-19H2,1-2H3/t30-/m0/s1. The zero-order valence-corrected chi connectivity index (χ0v) is 25.1. The minimum Gasteiger partial charge on any atom is -0.460 e. The highest BCUT2D eigenvalue weighted by Gasteiger charge is 2.25. The number of hydrogen-bond donors (Lipinski definition) is 2. The number of halogens is 2. The second-order valence-corrected chi connectivity index (χ2v) is 11.6. The lowest BCUT2D eigenvalue weighted by Gasteiger charge is -2.16. The average molecular weight is 610 g/mol. The number of ether oxygens (including phenoxy) is 2. The topological polar surface area (TPSA) is 85.6 Å². The van der Waals surface area contributed by atoms with Crippen LogP contribution in [0.25, 0.3) is 44.8 Å². The predicted octanol–water partition coefficient (Wildman–Crippen LogP) is 7.45. The summed E-state index contributed by atoms with van der Waals surface area (Å²) in [6.45, 7) is 3.43. The van der Waals surface area contributed by atoms with Gasteiger partial charge in [0.2, 0.25) is 5.89 Å². The van der Waals surface area contributed by atoms with Crippen LogP contribution < -0.4 is 15.4 Å². The second kappa shape index (κ2) is 12.1. The van der Waals surface area contributed by atoms with E-state index in [1.54, 1.807) is 6.07 Å². The number of alkyl halides is 2. The van der Waals surface area contributed by atoms with E-state index in [0.717, 1.165) is 48.3 Å². The Kier molecular flexibility index (Phi) is 7.81. The monoisotopic (exact) mass is 609 g/mol. The van der Waals surface area contributed by atoms with Crippen LogP contribution in [0.5, 0.6) is 5.75 Å². The van der Waals surface area contributed by atoms with Gasteiger partial charge in [0, 0.05) is 30.3 Å². The number of fused-ring (bicyclic) bond motifs is 2. The zero-order chi connectivity index (χ0) is 31.1. The van der Waals surface area contributed by atoms with Crippen molar-refractivity contribution in [2.75, 3.05) is 6.54 Å². The molecule has 0 bridgehead atoms. The van der Waals surface area contributed by atoms with Gasteiger partial charge in [-0.05, 0) is 95.9 Å². The summed E-state index contributed by atoms with van der Waals surface area (Å²) in [5.74, 6) is -0.180. The van der Waals surface area contributed by atoms with Gasteiger partial charge in [0.1, 0.15) is 23.9 Å². The Morgan fingerprint density at radius 3 is 2.44 bits per heavy atom. The lowest BCUT2D eigenvalue weighted by Crippen LogP contribution is -2.32. The van der Waals surface area contributed by atoms with Crippen molar-refractivity contribution in [1.82, 2.24) is 15.6 Å². The average Bonchev–Trinajstić information content (AvgIpc) is 3.81. The normalized spacial score (nSPS) is 16.0. The molecule has 1 atom stereocenters. The first kappa shape index (κ1) is 29.1. The Morgan fingerprint density at radius 2 is 1.69 bits per heavy atom. The third-order valence-electron chi connectivity index (χ3n) is 8.84. The van der Waals surface area contributed by atoms with Gasteiger partial charge in [-0.1, -0.05) is 42.5 Å². The van der Waals surface area contributed by atoms with Gasteiger partial charge in [-0.25, -0.2) is 4.98 Å². The molecule has 2 N–H and O–H groups in total. The van der Waals surface area contributed by atoms with Crippen molar-refractivity contribution in [3.05, 3.63) is 94.5 Å². The Morgan fingerprint density at radius 1 is 0.956 bits per heavy atom. The van der Waals surface area contributed by atoms with Gasteiger partial charge in [-0.2, -0.15) is 8.78 Å². The molecular weight excluding hydrogens is 576 g/mol. The quantitative estimate of drug-likeness (QED) is 0.177. The molecule has 3 heterocycles. The van der Waals surface area contributed by atoms with Crippen LogP contribution in [0.4, 0.5) is 8.78 Å². The first-order valence-electron chi connectivity index (χ1n) is 15.2. The molecule has 0 radical (unpaired) electrons. The van der Waals surface area contributed by atoms with Crippen molar-refractivity contribution in [1.29, 1.82) is 0 Å². The number of nitrogens with one attached hydrogen (secondary N) is 2. The van der Waals surface area contributed by atoms with E-state index in [2.05, 4.69) is 60.0 Å². The van der Waals surface area contributed by atoms with Crippen LogP contribution in [-0.4, -0.2) is 30.2 Å². The van der Waals surface area contributed by atoms with Crippen molar-refractivity contribution in [3.8, 4) is 39.5 Å². The molecule has 0 unspecified atom stereocenters. The minimum absolute atomic E-state index is 0.118. The molecule has 7 rings (SSSR count). The van der Waals surface area contributed by atoms with Gasteiger partial charge >= 0.3 is 12.6 Å². The number of aromatic nitrogens is 1. The van der Waals surface area contributed by atoms with Gasteiger partial charge in [0.15, 0.2) is 5.58 Å². The SMILES string of the molecule is Cc1c(-c2ccc3c(c2)CNC3)cccc1-c1cccc(-c2nc3cc(COC(=O)[C@@H]4CCCN4)c(OC(F)F)cc3o2)c1C. The van der Waals surface area contributed by atoms with E-state index < -0.39 is 18.6 Å². The number of benzene rings is 4. The first-order chi connectivity index (χ1) is 21.9. The van der Waals surface area contributed by atoms with E-state index >= 15 is 0 Å². The van der Waals surface area contributed by atoms with E-state index in [-0.39, 0.29) is 17.9 Å². The molecule has 9 heteroatoms. The Balaban J connectivity index is 1.22. The summed E-state index contributed by atoms with van der Waals surface area (Å²) in [6, 6.07) is 21.6. The molecule has 7 nitrogen and oxygen atoms in total. The van der Waals surface area contributed by atoms with Crippen LogP contribution in [0.1, 0.15) is 40.7 Å². The van der Waals surface area contributed by atoms with Gasteiger partial charge < -0.3 is 24.5 Å². The molecule has 0 saturated carbocycles. The van der Waals surface area contributed by atoms with E-state index in [1.807, 2.05) is 19.1 Å². The van der Waals surface area contributed by atoms with Gasteiger partial charge in [-0.15, -0.1) is 0 Å². The fourth-order valence-corrected chi connectivity index (χ4v) is 6.43. The fraction of sp³-hybridized carbons (Fsp3) is 0.278. The minimum atomic E-state index is -3.05. The van der Waals surface area contributed by atoms with Crippen molar-refractivity contribution in [2.45, 2.75) is 59.0 Å². The number of carbonyl (C=O) groups excluding carboxylic acids is 1. The van der Waals surface area contributed by atoms with Crippen LogP contribution in [-0.2, 0) is 29.2 Å².